The van der Waals surface area contributed by atoms with Crippen LogP contribution in [0.2, 0.25) is 0 Å². The summed E-state index contributed by atoms with van der Waals surface area (Å²) < 4.78 is 14.8. The van der Waals surface area contributed by atoms with Crippen molar-refractivity contribution < 1.29 is 19.1 Å². The summed E-state index contributed by atoms with van der Waals surface area (Å²) in [4.78, 5) is 40.0. The van der Waals surface area contributed by atoms with Crippen molar-refractivity contribution in [1.29, 1.82) is 0 Å². The number of rotatable bonds is 5. The molecule has 11 heteroatoms. The van der Waals surface area contributed by atoms with Crippen LogP contribution in [0.25, 0.3) is 33.7 Å². The Bertz CT molecular complexity index is 1440. The lowest BCUT2D eigenvalue weighted by Crippen LogP contribution is -2.44. The van der Waals surface area contributed by atoms with Gasteiger partial charge in [-0.25, -0.2) is 14.8 Å². The number of nitrogens with two attached hydrogens (primary N) is 1. The monoisotopic (exact) mass is 477 g/mol. The van der Waals surface area contributed by atoms with Crippen LogP contribution in [0.15, 0.2) is 30.6 Å². The van der Waals surface area contributed by atoms with Gasteiger partial charge in [-0.2, -0.15) is 0 Å². The van der Waals surface area contributed by atoms with Crippen LogP contribution >= 0.6 is 0 Å². The van der Waals surface area contributed by atoms with Crippen molar-refractivity contribution in [2.24, 2.45) is 12.8 Å². The molecule has 1 atom stereocenters. The van der Waals surface area contributed by atoms with Crippen molar-refractivity contribution in [2.45, 2.75) is 32.4 Å². The molecule has 4 aromatic rings. The van der Waals surface area contributed by atoms with Crippen molar-refractivity contribution in [3.05, 3.63) is 36.2 Å². The Labute approximate surface area is 201 Å². The number of methoxy groups -OCH3 is 1. The topological polar surface area (TPSA) is 130 Å². The van der Waals surface area contributed by atoms with Crippen LogP contribution in [0.5, 0.6) is 5.75 Å². The average Bonchev–Trinajstić information content (AvgIpc) is 3.39. The SMILES string of the molecule is CCn1c(-c2nc3cc(C(=O)N4CCCC(OC(N)=O)C4)cc(OC)c3n2C)cc2nccnc21. The van der Waals surface area contributed by atoms with Gasteiger partial charge in [0.2, 0.25) is 0 Å². The smallest absolute Gasteiger partial charge is 0.404 e. The van der Waals surface area contributed by atoms with Gasteiger partial charge in [0.05, 0.1) is 24.9 Å². The number of primary amides is 1. The number of hydrogen-bond donors (Lipinski definition) is 1. The molecule has 4 heterocycles. The van der Waals surface area contributed by atoms with E-state index < -0.39 is 12.2 Å². The first-order valence-electron chi connectivity index (χ1n) is 11.5. The van der Waals surface area contributed by atoms with Crippen LogP contribution in [0.3, 0.4) is 0 Å². The molecule has 0 radical (unpaired) electrons. The van der Waals surface area contributed by atoms with Crippen LogP contribution in [-0.4, -0.2) is 67.3 Å². The Morgan fingerprint density at radius 2 is 1.97 bits per heavy atom. The summed E-state index contributed by atoms with van der Waals surface area (Å²) in [7, 11) is 3.49. The molecule has 2 amide bonds. The first-order valence-corrected chi connectivity index (χ1v) is 11.5. The maximum atomic E-state index is 13.4. The second-order valence-electron chi connectivity index (χ2n) is 8.53. The predicted molar refractivity (Wildman–Crippen MR) is 129 cm³/mol. The summed E-state index contributed by atoms with van der Waals surface area (Å²) in [5.41, 5.74) is 9.50. The summed E-state index contributed by atoms with van der Waals surface area (Å²) in [6.45, 7) is 3.62. The van der Waals surface area contributed by atoms with Gasteiger partial charge in [0.25, 0.3) is 5.91 Å². The number of hydrogen-bond acceptors (Lipinski definition) is 7. The van der Waals surface area contributed by atoms with Gasteiger partial charge < -0.3 is 29.2 Å². The normalized spacial score (nSPS) is 16.1. The fourth-order valence-electron chi connectivity index (χ4n) is 4.86. The number of carbonyl (C=O) groups is 2. The van der Waals surface area contributed by atoms with E-state index in [0.717, 1.165) is 34.6 Å². The van der Waals surface area contributed by atoms with Gasteiger partial charge in [0.15, 0.2) is 11.5 Å². The molecule has 2 N–H and O–H groups in total. The highest BCUT2D eigenvalue weighted by atomic mass is 16.6. The van der Waals surface area contributed by atoms with Crippen molar-refractivity contribution in [2.75, 3.05) is 20.2 Å². The largest absolute Gasteiger partial charge is 0.494 e. The number of aryl methyl sites for hydroxylation is 2. The summed E-state index contributed by atoms with van der Waals surface area (Å²) in [5.74, 6) is 1.09. The zero-order valence-electron chi connectivity index (χ0n) is 19.9. The summed E-state index contributed by atoms with van der Waals surface area (Å²) in [6.07, 6.45) is 3.50. The molecule has 1 saturated heterocycles. The quantitative estimate of drug-likeness (QED) is 0.468. The second-order valence-corrected chi connectivity index (χ2v) is 8.53. The minimum atomic E-state index is -0.830. The number of amides is 2. The van der Waals surface area contributed by atoms with Crippen molar-refractivity contribution >= 4 is 34.2 Å². The van der Waals surface area contributed by atoms with Crippen LogP contribution in [0.4, 0.5) is 4.79 Å². The molecule has 0 spiro atoms. The summed E-state index contributed by atoms with van der Waals surface area (Å²) in [5, 5.41) is 0. The second kappa shape index (κ2) is 8.90. The molecule has 0 bridgehead atoms. The Balaban J connectivity index is 1.56. The molecule has 3 aromatic heterocycles. The Morgan fingerprint density at radius 1 is 1.17 bits per heavy atom. The fourth-order valence-corrected chi connectivity index (χ4v) is 4.86. The van der Waals surface area contributed by atoms with E-state index in [9.17, 15) is 9.59 Å². The third-order valence-electron chi connectivity index (χ3n) is 6.42. The third kappa shape index (κ3) is 3.92. The van der Waals surface area contributed by atoms with Crippen molar-refractivity contribution in [1.82, 2.24) is 29.0 Å². The molecule has 5 rings (SSSR count). The van der Waals surface area contributed by atoms with Gasteiger partial charge in [-0.15, -0.1) is 0 Å². The predicted octanol–water partition coefficient (Wildman–Crippen LogP) is 2.71. The first-order chi connectivity index (χ1) is 16.9. The van der Waals surface area contributed by atoms with E-state index in [1.165, 1.54) is 0 Å². The molecule has 0 saturated carbocycles. The summed E-state index contributed by atoms with van der Waals surface area (Å²) in [6, 6.07) is 5.48. The zero-order chi connectivity index (χ0) is 24.7. The van der Waals surface area contributed by atoms with Crippen LogP contribution in [-0.2, 0) is 18.3 Å². The van der Waals surface area contributed by atoms with Gasteiger partial charge in [-0.05, 0) is 38.0 Å². The van der Waals surface area contributed by atoms with Gasteiger partial charge in [-0.3, -0.25) is 9.78 Å². The number of ether oxygens (including phenoxy) is 2. The number of benzene rings is 1. The summed E-state index contributed by atoms with van der Waals surface area (Å²) >= 11 is 0. The van der Waals surface area contributed by atoms with E-state index in [0.29, 0.717) is 42.9 Å². The van der Waals surface area contributed by atoms with E-state index in [4.69, 9.17) is 20.2 Å². The van der Waals surface area contributed by atoms with E-state index in [1.54, 1.807) is 36.5 Å². The molecule has 1 fully saturated rings. The maximum absolute atomic E-state index is 13.4. The number of nitrogens with zero attached hydrogens (tertiary/aromatic N) is 6. The highest BCUT2D eigenvalue weighted by molar-refractivity contribution is 6.00. The zero-order valence-corrected chi connectivity index (χ0v) is 19.9. The van der Waals surface area contributed by atoms with Gasteiger partial charge in [0, 0.05) is 38.1 Å². The molecular formula is C24H27N7O4. The van der Waals surface area contributed by atoms with Gasteiger partial charge in [-0.1, -0.05) is 0 Å². The Hall–Kier alpha value is -4.15. The van der Waals surface area contributed by atoms with Crippen LogP contribution in [0, 0.1) is 0 Å². The molecule has 35 heavy (non-hydrogen) atoms. The lowest BCUT2D eigenvalue weighted by atomic mass is 10.1. The van der Waals surface area contributed by atoms with Crippen LogP contribution < -0.4 is 10.5 Å². The van der Waals surface area contributed by atoms with E-state index in [-0.39, 0.29) is 5.91 Å². The molecule has 182 valence electrons. The number of carbonyl (C=O) groups excluding carboxylic acids is 2. The lowest BCUT2D eigenvalue weighted by molar-refractivity contribution is 0.0373. The molecule has 1 aliphatic heterocycles. The minimum Gasteiger partial charge on any atom is -0.494 e. The van der Waals surface area contributed by atoms with Crippen molar-refractivity contribution in [3.63, 3.8) is 0 Å². The van der Waals surface area contributed by atoms with E-state index in [1.807, 2.05) is 24.6 Å². The number of aromatic nitrogens is 5. The first kappa shape index (κ1) is 22.6. The Kier molecular flexibility index (Phi) is 5.75. The van der Waals surface area contributed by atoms with Crippen molar-refractivity contribution in [3.8, 4) is 17.3 Å². The van der Waals surface area contributed by atoms with E-state index in [2.05, 4.69) is 14.5 Å². The minimum absolute atomic E-state index is 0.175. The van der Waals surface area contributed by atoms with E-state index >= 15 is 0 Å². The van der Waals surface area contributed by atoms with Gasteiger partial charge in [0.1, 0.15) is 22.9 Å². The number of likely N-dealkylation sites (tertiary alicyclic amines) is 1. The van der Waals surface area contributed by atoms with Gasteiger partial charge >= 0.3 is 6.09 Å². The highest BCUT2D eigenvalue weighted by Gasteiger charge is 2.28. The fraction of sp³-hybridized carbons (Fsp3) is 0.375. The Morgan fingerprint density at radius 3 is 2.71 bits per heavy atom. The third-order valence-corrected chi connectivity index (χ3v) is 6.42. The molecule has 11 nitrogen and oxygen atoms in total. The number of piperidine rings is 1. The number of fused-ring (bicyclic) bond motifs is 2. The molecule has 1 unspecified atom stereocenters. The van der Waals surface area contributed by atoms with Crippen LogP contribution in [0.1, 0.15) is 30.1 Å². The molecule has 1 aliphatic rings. The lowest BCUT2D eigenvalue weighted by Gasteiger charge is -2.32. The molecular weight excluding hydrogens is 450 g/mol. The average molecular weight is 478 g/mol. The number of imidazole rings is 1. The standard InChI is InChI=1S/C24H27N7O4/c1-4-31-18(12-17-21(31)27-8-7-26-17)22-28-16-10-14(11-19(34-3)20(16)29(22)2)23(32)30-9-5-6-15(13-30)35-24(25)33/h7-8,10-12,15H,4-6,9,13H2,1-3H3,(H2,25,33). The molecule has 1 aromatic carbocycles. The highest BCUT2D eigenvalue weighted by Crippen LogP contribution is 2.34. The maximum Gasteiger partial charge on any atom is 0.404 e. The molecule has 0 aliphatic carbocycles.